The van der Waals surface area contributed by atoms with E-state index < -0.39 is 10.9 Å². The minimum atomic E-state index is -0.661. The standard InChI is InChI=1S/C4H6N4O3/c1-11-3-7-2-5-4(6-7)8(9)10/h2H,3H2,1H3. The minimum absolute atomic E-state index is 0.167. The Hall–Kier alpha value is -1.50. The zero-order chi connectivity index (χ0) is 8.27. The number of ether oxygens (including phenoxy) is 1. The molecule has 0 unspecified atom stereocenters. The van der Waals surface area contributed by atoms with Crippen LogP contribution in [0.15, 0.2) is 6.33 Å². The topological polar surface area (TPSA) is 83.1 Å². The Morgan fingerprint density at radius 2 is 2.64 bits per heavy atom. The summed E-state index contributed by atoms with van der Waals surface area (Å²) in [6.07, 6.45) is 1.24. The van der Waals surface area contributed by atoms with Gasteiger partial charge in [-0.3, -0.25) is 0 Å². The number of hydrogen-bond donors (Lipinski definition) is 0. The first-order chi connectivity index (χ1) is 5.24. The van der Waals surface area contributed by atoms with Crippen LogP contribution in [0.25, 0.3) is 0 Å². The van der Waals surface area contributed by atoms with Gasteiger partial charge in [0.15, 0.2) is 6.73 Å². The summed E-state index contributed by atoms with van der Waals surface area (Å²) < 4.78 is 5.89. The van der Waals surface area contributed by atoms with Crippen molar-refractivity contribution in [2.45, 2.75) is 6.73 Å². The molecule has 1 aromatic rings. The van der Waals surface area contributed by atoms with Crippen LogP contribution in [0.5, 0.6) is 0 Å². The smallest absolute Gasteiger partial charge is 0.390 e. The molecule has 11 heavy (non-hydrogen) atoms. The molecule has 7 nitrogen and oxygen atoms in total. The highest BCUT2D eigenvalue weighted by molar-refractivity contribution is 4.96. The predicted molar refractivity (Wildman–Crippen MR) is 33.7 cm³/mol. The van der Waals surface area contributed by atoms with Crippen molar-refractivity contribution < 1.29 is 9.66 Å². The predicted octanol–water partition coefficient (Wildman–Crippen LogP) is -0.210. The fourth-order valence-electron chi connectivity index (χ4n) is 0.563. The van der Waals surface area contributed by atoms with Gasteiger partial charge in [0.05, 0.1) is 0 Å². The molecule has 0 aliphatic rings. The highest BCUT2D eigenvalue weighted by Gasteiger charge is 2.11. The van der Waals surface area contributed by atoms with Crippen LogP contribution in [0.2, 0.25) is 0 Å². The molecule has 1 rings (SSSR count). The van der Waals surface area contributed by atoms with Gasteiger partial charge < -0.3 is 14.9 Å². The van der Waals surface area contributed by atoms with Gasteiger partial charge in [-0.1, -0.05) is 4.98 Å². The summed E-state index contributed by atoms with van der Waals surface area (Å²) in [7, 11) is 1.47. The third-order valence-electron chi connectivity index (χ3n) is 0.949. The van der Waals surface area contributed by atoms with Crippen molar-refractivity contribution in [3.63, 3.8) is 0 Å². The van der Waals surface area contributed by atoms with Crippen LogP contribution in [0.1, 0.15) is 0 Å². The highest BCUT2D eigenvalue weighted by atomic mass is 16.6. The lowest BCUT2D eigenvalue weighted by atomic mass is 11.1. The molecule has 7 heteroatoms. The lowest BCUT2D eigenvalue weighted by Gasteiger charge is -1.89. The average molecular weight is 158 g/mol. The number of nitro groups is 1. The summed E-state index contributed by atoms with van der Waals surface area (Å²) in [5.74, 6) is -0.415. The molecule has 0 aliphatic carbocycles. The zero-order valence-corrected chi connectivity index (χ0v) is 5.80. The van der Waals surface area contributed by atoms with Crippen molar-refractivity contribution >= 4 is 5.95 Å². The second-order valence-electron chi connectivity index (χ2n) is 1.76. The third-order valence-corrected chi connectivity index (χ3v) is 0.949. The Labute approximate surface area is 61.8 Å². The molecule has 0 amide bonds. The fourth-order valence-corrected chi connectivity index (χ4v) is 0.563. The van der Waals surface area contributed by atoms with Crippen LogP contribution in [0, 0.1) is 10.1 Å². The first-order valence-corrected chi connectivity index (χ1v) is 2.77. The second kappa shape index (κ2) is 3.06. The van der Waals surface area contributed by atoms with E-state index in [9.17, 15) is 10.1 Å². The second-order valence-corrected chi connectivity index (χ2v) is 1.76. The Morgan fingerprint density at radius 1 is 1.91 bits per heavy atom. The molecule has 60 valence electrons. The van der Waals surface area contributed by atoms with Crippen molar-refractivity contribution in [3.8, 4) is 0 Å². The van der Waals surface area contributed by atoms with E-state index in [-0.39, 0.29) is 6.73 Å². The summed E-state index contributed by atoms with van der Waals surface area (Å²) in [6, 6.07) is 0. The lowest BCUT2D eigenvalue weighted by Crippen LogP contribution is -2.00. The van der Waals surface area contributed by atoms with E-state index >= 15 is 0 Å². The largest absolute Gasteiger partial charge is 0.491 e. The molecule has 1 heterocycles. The minimum Gasteiger partial charge on any atom is -0.390 e. The molecule has 0 aromatic carbocycles. The molecule has 0 saturated carbocycles. The molecular formula is C4H6N4O3. The number of rotatable bonds is 3. The molecule has 0 radical (unpaired) electrons. The molecular weight excluding hydrogens is 152 g/mol. The van der Waals surface area contributed by atoms with Gasteiger partial charge in [0.25, 0.3) is 0 Å². The zero-order valence-electron chi connectivity index (χ0n) is 5.80. The average Bonchev–Trinajstić information content (AvgIpc) is 2.37. The van der Waals surface area contributed by atoms with E-state index in [1.165, 1.54) is 18.1 Å². The van der Waals surface area contributed by atoms with E-state index in [2.05, 4.69) is 14.8 Å². The quantitative estimate of drug-likeness (QED) is 0.449. The summed E-state index contributed by atoms with van der Waals surface area (Å²) in [4.78, 5) is 12.8. The van der Waals surface area contributed by atoms with Crippen molar-refractivity contribution in [2.75, 3.05) is 7.11 Å². The van der Waals surface area contributed by atoms with Gasteiger partial charge in [-0.25, -0.2) is 0 Å². The van der Waals surface area contributed by atoms with Crippen LogP contribution < -0.4 is 0 Å². The monoisotopic (exact) mass is 158 g/mol. The molecule has 0 saturated heterocycles. The van der Waals surface area contributed by atoms with Gasteiger partial charge in [0, 0.05) is 12.2 Å². The molecule has 0 bridgehead atoms. The molecule has 0 atom stereocenters. The van der Waals surface area contributed by atoms with Gasteiger partial charge in [0.2, 0.25) is 6.33 Å². The Bertz CT molecular complexity index is 258. The molecule has 0 spiro atoms. The number of hydrogen-bond acceptors (Lipinski definition) is 5. The van der Waals surface area contributed by atoms with Gasteiger partial charge >= 0.3 is 5.95 Å². The van der Waals surface area contributed by atoms with Crippen LogP contribution in [-0.2, 0) is 11.5 Å². The highest BCUT2D eigenvalue weighted by Crippen LogP contribution is 1.98. The van der Waals surface area contributed by atoms with Crippen molar-refractivity contribution in [2.24, 2.45) is 0 Å². The molecule has 0 N–H and O–H groups in total. The molecule has 1 aromatic heterocycles. The van der Waals surface area contributed by atoms with Gasteiger partial charge in [-0.15, -0.1) is 4.68 Å². The fraction of sp³-hybridized carbons (Fsp3) is 0.500. The summed E-state index contributed by atoms with van der Waals surface area (Å²) in [5, 5.41) is 13.5. The maximum atomic E-state index is 10.0. The van der Waals surface area contributed by atoms with E-state index in [1.807, 2.05) is 0 Å². The van der Waals surface area contributed by atoms with E-state index in [1.54, 1.807) is 0 Å². The Balaban J connectivity index is 2.73. The van der Waals surface area contributed by atoms with E-state index in [0.29, 0.717) is 0 Å². The van der Waals surface area contributed by atoms with Crippen molar-refractivity contribution in [1.29, 1.82) is 0 Å². The maximum absolute atomic E-state index is 10.0. The first kappa shape index (κ1) is 7.61. The normalized spacial score (nSPS) is 9.91. The lowest BCUT2D eigenvalue weighted by molar-refractivity contribution is -0.394. The molecule has 0 fully saturated rings. The number of nitrogens with zero attached hydrogens (tertiary/aromatic N) is 4. The van der Waals surface area contributed by atoms with Gasteiger partial charge in [-0.2, -0.15) is 0 Å². The van der Waals surface area contributed by atoms with Crippen LogP contribution in [0.3, 0.4) is 0 Å². The Morgan fingerprint density at radius 3 is 3.09 bits per heavy atom. The van der Waals surface area contributed by atoms with Crippen LogP contribution in [-0.4, -0.2) is 26.8 Å². The maximum Gasteiger partial charge on any atom is 0.491 e. The van der Waals surface area contributed by atoms with E-state index in [0.717, 1.165) is 0 Å². The summed E-state index contributed by atoms with van der Waals surface area (Å²) in [5.41, 5.74) is 0. The van der Waals surface area contributed by atoms with Gasteiger partial charge in [-0.05, 0) is 4.92 Å². The number of aromatic nitrogens is 3. The summed E-state index contributed by atoms with van der Waals surface area (Å²) >= 11 is 0. The molecule has 0 aliphatic heterocycles. The summed E-state index contributed by atoms with van der Waals surface area (Å²) in [6.45, 7) is 0.167. The van der Waals surface area contributed by atoms with Crippen molar-refractivity contribution in [3.05, 3.63) is 16.4 Å². The van der Waals surface area contributed by atoms with Crippen molar-refractivity contribution in [1.82, 2.24) is 14.8 Å². The van der Waals surface area contributed by atoms with E-state index in [4.69, 9.17) is 0 Å². The van der Waals surface area contributed by atoms with Crippen LogP contribution in [0.4, 0.5) is 5.95 Å². The first-order valence-electron chi connectivity index (χ1n) is 2.77. The van der Waals surface area contributed by atoms with Gasteiger partial charge in [0.1, 0.15) is 0 Å². The number of methoxy groups -OCH3 is 1. The third kappa shape index (κ3) is 1.71. The Kier molecular flexibility index (Phi) is 2.12. The SMILES string of the molecule is COCn1cnc([N+](=O)[O-])n1. The van der Waals surface area contributed by atoms with Crippen LogP contribution >= 0.6 is 0 Å².